The van der Waals surface area contributed by atoms with E-state index in [2.05, 4.69) is 9.82 Å². The summed E-state index contributed by atoms with van der Waals surface area (Å²) in [4.78, 5) is 40.5. The molecule has 1 aromatic heterocycles. The highest BCUT2D eigenvalue weighted by atomic mass is 33.1. The molecular formula is C12H14N2O4S2. The molecule has 6 nitrogen and oxygen atoms in total. The van der Waals surface area contributed by atoms with E-state index in [-0.39, 0.29) is 24.5 Å². The van der Waals surface area contributed by atoms with Gasteiger partial charge in [0.1, 0.15) is 5.03 Å². The molecule has 1 rings (SSSR count). The highest BCUT2D eigenvalue weighted by Crippen LogP contribution is 2.34. The number of rotatable bonds is 9. The maximum Gasteiger partial charge on any atom is 0.333 e. The normalized spacial score (nSPS) is 11.4. The topological polar surface area (TPSA) is 76.6 Å². The Morgan fingerprint density at radius 2 is 2.20 bits per heavy atom. The lowest BCUT2D eigenvalue weighted by Gasteiger charge is -2.11. The molecule has 1 heterocycles. The number of carbonyl (C=O) groups excluding carboxylic acids is 3. The van der Waals surface area contributed by atoms with Gasteiger partial charge >= 0.3 is 5.97 Å². The number of pyridine rings is 1. The summed E-state index contributed by atoms with van der Waals surface area (Å²) in [5.74, 6) is -0.612. The number of hydrogen-bond acceptors (Lipinski definition) is 7. The number of imide groups is 1. The molecule has 0 aliphatic heterocycles. The number of hydroxylamine groups is 2. The van der Waals surface area contributed by atoms with E-state index >= 15 is 0 Å². The van der Waals surface area contributed by atoms with Crippen molar-refractivity contribution in [1.82, 2.24) is 10.0 Å². The lowest BCUT2D eigenvalue weighted by molar-refractivity contribution is -0.190. The first-order valence-electron chi connectivity index (χ1n) is 5.79. The van der Waals surface area contributed by atoms with Crippen LogP contribution >= 0.6 is 21.6 Å². The molecule has 20 heavy (non-hydrogen) atoms. The Kier molecular flexibility index (Phi) is 7.74. The van der Waals surface area contributed by atoms with Crippen LogP contribution in [0.25, 0.3) is 0 Å². The van der Waals surface area contributed by atoms with Crippen LogP contribution in [0, 0.1) is 0 Å². The van der Waals surface area contributed by atoms with E-state index in [0.717, 1.165) is 5.03 Å². The second-order valence-electron chi connectivity index (χ2n) is 3.73. The van der Waals surface area contributed by atoms with Crippen molar-refractivity contribution in [3.8, 4) is 0 Å². The van der Waals surface area contributed by atoms with Crippen molar-refractivity contribution in [2.24, 2.45) is 0 Å². The molecule has 1 unspecified atom stereocenters. The zero-order valence-electron chi connectivity index (χ0n) is 10.8. The average molecular weight is 314 g/mol. The van der Waals surface area contributed by atoms with Gasteiger partial charge in [-0.15, -0.1) is 5.06 Å². The molecule has 0 radical (unpaired) electrons. The molecule has 0 saturated heterocycles. The first-order valence-corrected chi connectivity index (χ1v) is 8.01. The van der Waals surface area contributed by atoms with Crippen LogP contribution in [0.5, 0.6) is 0 Å². The van der Waals surface area contributed by atoms with Crippen molar-refractivity contribution < 1.29 is 19.2 Å². The number of carbonyl (C=O) groups is 3. The summed E-state index contributed by atoms with van der Waals surface area (Å²) in [5.41, 5.74) is 0. The molecule has 0 saturated carbocycles. The fraction of sp³-hybridized carbons (Fsp3) is 0.333. The van der Waals surface area contributed by atoms with Crippen molar-refractivity contribution in [1.29, 1.82) is 0 Å². The predicted octanol–water partition coefficient (Wildman–Crippen LogP) is 2.06. The second kappa shape index (κ2) is 9.38. The maximum absolute atomic E-state index is 11.3. The Bertz CT molecular complexity index is 436. The molecule has 0 aliphatic rings. The number of hydrogen-bond donors (Lipinski definition) is 0. The first kappa shape index (κ1) is 16.5. The summed E-state index contributed by atoms with van der Waals surface area (Å²) < 4.78 is 0. The molecule has 0 aromatic carbocycles. The van der Waals surface area contributed by atoms with Gasteiger partial charge < -0.3 is 4.84 Å². The van der Waals surface area contributed by atoms with Crippen LogP contribution in [-0.4, -0.2) is 34.1 Å². The van der Waals surface area contributed by atoms with Gasteiger partial charge in [-0.3, -0.25) is 9.59 Å². The molecular weight excluding hydrogens is 300 g/mol. The van der Waals surface area contributed by atoms with Crippen molar-refractivity contribution in [2.45, 2.75) is 30.0 Å². The van der Waals surface area contributed by atoms with Gasteiger partial charge in [-0.1, -0.05) is 23.8 Å². The summed E-state index contributed by atoms with van der Waals surface area (Å²) in [6.45, 7) is 1.98. The fourth-order valence-electron chi connectivity index (χ4n) is 1.13. The molecule has 2 amide bonds. The minimum absolute atomic E-state index is 0.134. The fourth-order valence-corrected chi connectivity index (χ4v) is 3.22. The van der Waals surface area contributed by atoms with E-state index in [1.54, 1.807) is 17.0 Å². The average Bonchev–Trinajstić information content (AvgIpc) is 2.49. The summed E-state index contributed by atoms with van der Waals surface area (Å²) in [7, 11) is 3.13. The quantitative estimate of drug-likeness (QED) is 0.392. The SMILES string of the molecule is CC(CCC(=O)ON(C=O)C=O)SSc1ccccn1. The van der Waals surface area contributed by atoms with E-state index in [9.17, 15) is 14.4 Å². The largest absolute Gasteiger partial charge is 0.333 e. The Balaban J connectivity index is 2.22. The highest BCUT2D eigenvalue weighted by Gasteiger charge is 2.12. The van der Waals surface area contributed by atoms with Crippen LogP contribution in [0.2, 0.25) is 0 Å². The zero-order chi connectivity index (χ0) is 14.8. The summed E-state index contributed by atoms with van der Waals surface area (Å²) in [6, 6.07) is 5.66. The number of aromatic nitrogens is 1. The van der Waals surface area contributed by atoms with Gasteiger partial charge in [-0.05, 0) is 29.3 Å². The zero-order valence-corrected chi connectivity index (χ0v) is 12.4. The Labute approximate surface area is 124 Å². The lowest BCUT2D eigenvalue weighted by atomic mass is 10.2. The summed E-state index contributed by atoms with van der Waals surface area (Å²) >= 11 is 0. The van der Waals surface area contributed by atoms with Gasteiger partial charge in [0.25, 0.3) is 12.8 Å². The van der Waals surface area contributed by atoms with Gasteiger partial charge in [0.05, 0.1) is 0 Å². The minimum atomic E-state index is -0.612. The third-order valence-corrected chi connectivity index (χ3v) is 4.96. The van der Waals surface area contributed by atoms with Gasteiger partial charge in [0.15, 0.2) is 0 Å². The molecule has 108 valence electrons. The van der Waals surface area contributed by atoms with Crippen LogP contribution in [0.4, 0.5) is 0 Å². The van der Waals surface area contributed by atoms with Crippen molar-refractivity contribution in [2.75, 3.05) is 0 Å². The summed E-state index contributed by atoms with van der Waals surface area (Å²) in [6.07, 6.45) is 2.71. The Morgan fingerprint density at radius 1 is 1.45 bits per heavy atom. The lowest BCUT2D eigenvalue weighted by Crippen LogP contribution is -2.24. The van der Waals surface area contributed by atoms with Crippen LogP contribution in [0.15, 0.2) is 29.4 Å². The molecule has 0 spiro atoms. The van der Waals surface area contributed by atoms with Gasteiger partial charge in [0, 0.05) is 17.9 Å². The van der Waals surface area contributed by atoms with Crippen molar-refractivity contribution in [3.05, 3.63) is 24.4 Å². The molecule has 1 aromatic rings. The van der Waals surface area contributed by atoms with Gasteiger partial charge in [-0.25, -0.2) is 9.78 Å². The van der Waals surface area contributed by atoms with E-state index in [0.29, 0.717) is 11.5 Å². The van der Waals surface area contributed by atoms with Crippen molar-refractivity contribution >= 4 is 40.4 Å². The Morgan fingerprint density at radius 3 is 2.80 bits per heavy atom. The molecule has 8 heteroatoms. The summed E-state index contributed by atoms with van der Waals surface area (Å²) in [5, 5.41) is 1.42. The van der Waals surface area contributed by atoms with E-state index in [1.807, 2.05) is 25.1 Å². The van der Waals surface area contributed by atoms with E-state index < -0.39 is 5.97 Å². The minimum Gasteiger partial charge on any atom is -0.331 e. The van der Waals surface area contributed by atoms with Crippen LogP contribution in [0.3, 0.4) is 0 Å². The third kappa shape index (κ3) is 6.58. The van der Waals surface area contributed by atoms with E-state index in [1.165, 1.54) is 10.8 Å². The van der Waals surface area contributed by atoms with E-state index in [4.69, 9.17) is 0 Å². The van der Waals surface area contributed by atoms with Gasteiger partial charge in [-0.2, -0.15) is 0 Å². The van der Waals surface area contributed by atoms with Crippen molar-refractivity contribution in [3.63, 3.8) is 0 Å². The molecule has 1 atom stereocenters. The molecule has 0 aliphatic carbocycles. The standard InChI is InChI=1S/C12H14N2O4S2/c1-10(19-20-11-4-2-3-7-13-11)5-6-12(17)18-14(8-15)9-16/h2-4,7-10H,5-6H2,1H3. The number of nitrogens with zero attached hydrogens (tertiary/aromatic N) is 2. The second-order valence-corrected chi connectivity index (χ2v) is 6.39. The predicted molar refractivity (Wildman–Crippen MR) is 76.4 cm³/mol. The Hall–Kier alpha value is -1.54. The maximum atomic E-state index is 11.3. The highest BCUT2D eigenvalue weighted by molar-refractivity contribution is 8.76. The molecule has 0 N–H and O–H groups in total. The molecule has 0 fully saturated rings. The molecule has 0 bridgehead atoms. The first-order chi connectivity index (χ1) is 9.65. The number of amides is 2. The smallest absolute Gasteiger partial charge is 0.331 e. The third-order valence-electron chi connectivity index (χ3n) is 2.11. The van der Waals surface area contributed by atoms with Crippen LogP contribution in [0.1, 0.15) is 19.8 Å². The van der Waals surface area contributed by atoms with Crippen LogP contribution < -0.4 is 0 Å². The monoisotopic (exact) mass is 314 g/mol. The van der Waals surface area contributed by atoms with Gasteiger partial charge in [0.2, 0.25) is 0 Å². The van der Waals surface area contributed by atoms with Crippen LogP contribution in [-0.2, 0) is 19.2 Å².